The number of aromatic nitrogens is 2. The molecule has 0 fully saturated rings. The first kappa shape index (κ1) is 12.1. The van der Waals surface area contributed by atoms with Crippen molar-refractivity contribution >= 4 is 0 Å². The van der Waals surface area contributed by atoms with Crippen LogP contribution in [0.4, 0.5) is 0 Å². The third-order valence-electron chi connectivity index (χ3n) is 1.90. The Bertz CT molecular complexity index is 277. The second kappa shape index (κ2) is 6.49. The molecule has 0 spiro atoms. The first-order valence-corrected chi connectivity index (χ1v) is 4.84. The molecule has 1 aromatic heterocycles. The van der Waals surface area contributed by atoms with E-state index >= 15 is 0 Å². The van der Waals surface area contributed by atoms with Gasteiger partial charge in [0.25, 0.3) is 0 Å². The first-order valence-electron chi connectivity index (χ1n) is 4.84. The average molecular weight is 215 g/mol. The zero-order valence-electron chi connectivity index (χ0n) is 9.10. The van der Waals surface area contributed by atoms with Crippen LogP contribution in [0, 0.1) is 0 Å². The lowest BCUT2D eigenvalue weighted by Gasteiger charge is -2.03. The van der Waals surface area contributed by atoms with Crippen LogP contribution in [0.3, 0.4) is 0 Å². The molecule has 0 aliphatic heterocycles. The van der Waals surface area contributed by atoms with E-state index in [9.17, 15) is 0 Å². The van der Waals surface area contributed by atoms with Crippen molar-refractivity contribution in [2.24, 2.45) is 5.73 Å². The van der Waals surface area contributed by atoms with Crippen molar-refractivity contribution in [3.05, 3.63) is 11.7 Å². The van der Waals surface area contributed by atoms with Crippen molar-refractivity contribution in [3.63, 3.8) is 0 Å². The predicted octanol–water partition coefficient (Wildman–Crippen LogP) is 0.295. The molecule has 0 aromatic carbocycles. The molecular weight excluding hydrogens is 198 g/mol. The van der Waals surface area contributed by atoms with Gasteiger partial charge in [0, 0.05) is 27.2 Å². The molecular formula is C9H17N3O3. The van der Waals surface area contributed by atoms with Gasteiger partial charge in [0.2, 0.25) is 5.89 Å². The minimum absolute atomic E-state index is 0.324. The van der Waals surface area contributed by atoms with E-state index in [-0.39, 0.29) is 6.04 Å². The normalized spacial score (nSPS) is 13.0. The van der Waals surface area contributed by atoms with Gasteiger partial charge < -0.3 is 19.7 Å². The zero-order chi connectivity index (χ0) is 11.1. The van der Waals surface area contributed by atoms with E-state index in [1.807, 2.05) is 0 Å². The summed E-state index contributed by atoms with van der Waals surface area (Å²) in [5, 5.41) is 3.78. The molecule has 0 saturated carbocycles. The van der Waals surface area contributed by atoms with Crippen molar-refractivity contribution in [1.82, 2.24) is 10.1 Å². The summed E-state index contributed by atoms with van der Waals surface area (Å²) < 4.78 is 14.8. The quantitative estimate of drug-likeness (QED) is 0.658. The summed E-state index contributed by atoms with van der Waals surface area (Å²) in [6.45, 7) is 1.07. The van der Waals surface area contributed by atoms with Gasteiger partial charge in [0.15, 0.2) is 5.82 Å². The van der Waals surface area contributed by atoms with Crippen LogP contribution in [-0.2, 0) is 15.9 Å². The lowest BCUT2D eigenvalue weighted by atomic mass is 10.3. The van der Waals surface area contributed by atoms with Crippen molar-refractivity contribution in [2.75, 3.05) is 27.4 Å². The van der Waals surface area contributed by atoms with Gasteiger partial charge in [-0.2, -0.15) is 4.98 Å². The van der Waals surface area contributed by atoms with Gasteiger partial charge in [-0.25, -0.2) is 0 Å². The summed E-state index contributed by atoms with van der Waals surface area (Å²) in [4.78, 5) is 4.16. The summed E-state index contributed by atoms with van der Waals surface area (Å²) in [5.41, 5.74) is 5.74. The van der Waals surface area contributed by atoms with E-state index in [1.54, 1.807) is 14.2 Å². The predicted molar refractivity (Wildman–Crippen MR) is 53.3 cm³/mol. The summed E-state index contributed by atoms with van der Waals surface area (Å²) in [6.07, 6.45) is 1.57. The van der Waals surface area contributed by atoms with Gasteiger partial charge >= 0.3 is 0 Å². The fraction of sp³-hybridized carbons (Fsp3) is 0.778. The van der Waals surface area contributed by atoms with E-state index in [0.717, 1.165) is 6.42 Å². The molecule has 15 heavy (non-hydrogen) atoms. The number of nitrogens with zero attached hydrogens (tertiary/aromatic N) is 2. The standard InChI is InChI=1S/C9H17N3O3/c1-13-5-3-4-8-11-9(12-15-8)7(10)6-14-2/h7H,3-6,10H2,1-2H3. The molecule has 0 aliphatic carbocycles. The fourth-order valence-electron chi connectivity index (χ4n) is 1.14. The van der Waals surface area contributed by atoms with Crippen molar-refractivity contribution in [1.29, 1.82) is 0 Å². The van der Waals surface area contributed by atoms with E-state index in [0.29, 0.717) is 31.3 Å². The molecule has 0 aliphatic rings. The minimum Gasteiger partial charge on any atom is -0.385 e. The number of methoxy groups -OCH3 is 2. The maximum absolute atomic E-state index is 5.74. The van der Waals surface area contributed by atoms with E-state index < -0.39 is 0 Å². The highest BCUT2D eigenvalue weighted by Gasteiger charge is 2.13. The molecule has 0 amide bonds. The van der Waals surface area contributed by atoms with Crippen LogP contribution < -0.4 is 5.73 Å². The van der Waals surface area contributed by atoms with Crippen LogP contribution in [-0.4, -0.2) is 37.6 Å². The van der Waals surface area contributed by atoms with Gasteiger partial charge in [0.1, 0.15) is 0 Å². The maximum Gasteiger partial charge on any atom is 0.226 e. The molecule has 86 valence electrons. The highest BCUT2D eigenvalue weighted by atomic mass is 16.5. The Morgan fingerprint density at radius 1 is 1.40 bits per heavy atom. The van der Waals surface area contributed by atoms with Gasteiger partial charge in [0.05, 0.1) is 12.6 Å². The maximum atomic E-state index is 5.74. The molecule has 1 rings (SSSR count). The molecule has 6 heteroatoms. The van der Waals surface area contributed by atoms with E-state index in [2.05, 4.69) is 10.1 Å². The third-order valence-corrected chi connectivity index (χ3v) is 1.90. The number of aryl methyl sites for hydroxylation is 1. The SMILES string of the molecule is COCCCc1nc(C(N)COC)no1. The molecule has 1 atom stereocenters. The Hall–Kier alpha value is -0.980. The van der Waals surface area contributed by atoms with E-state index in [4.69, 9.17) is 19.7 Å². The molecule has 0 bridgehead atoms. The van der Waals surface area contributed by atoms with Gasteiger partial charge in [-0.15, -0.1) is 0 Å². The van der Waals surface area contributed by atoms with Crippen molar-refractivity contribution < 1.29 is 14.0 Å². The first-order chi connectivity index (χ1) is 7.27. The summed E-state index contributed by atoms with van der Waals surface area (Å²) >= 11 is 0. The zero-order valence-corrected chi connectivity index (χ0v) is 9.10. The van der Waals surface area contributed by atoms with Crippen LogP contribution in [0.15, 0.2) is 4.52 Å². The Morgan fingerprint density at radius 2 is 2.20 bits per heavy atom. The van der Waals surface area contributed by atoms with Gasteiger partial charge in [-0.3, -0.25) is 0 Å². The van der Waals surface area contributed by atoms with E-state index in [1.165, 1.54) is 0 Å². The lowest BCUT2D eigenvalue weighted by Crippen LogP contribution is -2.17. The molecule has 1 heterocycles. The monoisotopic (exact) mass is 215 g/mol. The number of hydrogen-bond acceptors (Lipinski definition) is 6. The highest BCUT2D eigenvalue weighted by Crippen LogP contribution is 2.07. The van der Waals surface area contributed by atoms with Crippen LogP contribution in [0.5, 0.6) is 0 Å². The third kappa shape index (κ3) is 3.94. The molecule has 1 unspecified atom stereocenters. The number of nitrogens with two attached hydrogens (primary N) is 1. The number of ether oxygens (including phenoxy) is 2. The Kier molecular flexibility index (Phi) is 5.23. The van der Waals surface area contributed by atoms with Crippen LogP contribution >= 0.6 is 0 Å². The summed E-state index contributed by atoms with van der Waals surface area (Å²) in [7, 11) is 3.24. The van der Waals surface area contributed by atoms with Gasteiger partial charge in [-0.1, -0.05) is 5.16 Å². The van der Waals surface area contributed by atoms with Gasteiger partial charge in [-0.05, 0) is 6.42 Å². The van der Waals surface area contributed by atoms with Crippen molar-refractivity contribution in [3.8, 4) is 0 Å². The highest BCUT2D eigenvalue weighted by molar-refractivity contribution is 4.92. The molecule has 0 radical (unpaired) electrons. The minimum atomic E-state index is -0.324. The smallest absolute Gasteiger partial charge is 0.226 e. The second-order valence-corrected chi connectivity index (χ2v) is 3.20. The molecule has 1 aromatic rings. The fourth-order valence-corrected chi connectivity index (χ4v) is 1.14. The molecule has 2 N–H and O–H groups in total. The summed E-state index contributed by atoms with van der Waals surface area (Å²) in [5.74, 6) is 1.08. The van der Waals surface area contributed by atoms with Crippen molar-refractivity contribution in [2.45, 2.75) is 18.9 Å². The number of rotatable bonds is 7. The topological polar surface area (TPSA) is 83.4 Å². The molecule has 0 saturated heterocycles. The van der Waals surface area contributed by atoms with Crippen LogP contribution in [0.25, 0.3) is 0 Å². The summed E-state index contributed by atoms with van der Waals surface area (Å²) in [6, 6.07) is -0.324. The Balaban J connectivity index is 2.41. The number of hydrogen-bond donors (Lipinski definition) is 1. The second-order valence-electron chi connectivity index (χ2n) is 3.20. The average Bonchev–Trinajstić information content (AvgIpc) is 2.67. The van der Waals surface area contributed by atoms with Crippen LogP contribution in [0.1, 0.15) is 24.2 Å². The Morgan fingerprint density at radius 3 is 2.87 bits per heavy atom. The Labute approximate surface area is 88.7 Å². The van der Waals surface area contributed by atoms with Crippen LogP contribution in [0.2, 0.25) is 0 Å². The largest absolute Gasteiger partial charge is 0.385 e. The lowest BCUT2D eigenvalue weighted by molar-refractivity contribution is 0.177. The molecule has 6 nitrogen and oxygen atoms in total.